The Hall–Kier alpha value is -2.14. The smallest absolute Gasteiger partial charge is 0.258 e. The molecule has 0 aromatic heterocycles. The van der Waals surface area contributed by atoms with Gasteiger partial charge in [0.05, 0.1) is 12.1 Å². The van der Waals surface area contributed by atoms with Crippen molar-refractivity contribution in [3.8, 4) is 16.9 Å². The molecule has 3 rings (SSSR count). The highest BCUT2D eigenvalue weighted by molar-refractivity contribution is 7.97. The molecule has 0 unspecified atom stereocenters. The molecule has 11 heteroatoms. The van der Waals surface area contributed by atoms with E-state index in [0.717, 1.165) is 22.1 Å². The van der Waals surface area contributed by atoms with Crippen LogP contribution in [0.15, 0.2) is 52.8 Å². The number of hydrogen-bond donors (Lipinski definition) is 1. The monoisotopic (exact) mass is 530 g/mol. The lowest BCUT2D eigenvalue weighted by atomic mass is 9.93. The first-order valence-corrected chi connectivity index (χ1v) is 13.5. The summed E-state index contributed by atoms with van der Waals surface area (Å²) in [5.74, 6) is -0.576. The number of nitrogens with zero attached hydrogens (tertiary/aromatic N) is 1. The molecule has 0 aliphatic carbocycles. The Balaban J connectivity index is 1.68. The number of piperidine rings is 1. The van der Waals surface area contributed by atoms with Crippen molar-refractivity contribution in [2.75, 3.05) is 33.0 Å². The molecule has 0 saturated carbocycles. The molecule has 1 fully saturated rings. The van der Waals surface area contributed by atoms with Crippen molar-refractivity contribution >= 4 is 39.3 Å². The number of carbonyl (C=O) groups is 1. The second-order valence-electron chi connectivity index (χ2n) is 7.88. The van der Waals surface area contributed by atoms with Gasteiger partial charge in [-0.15, -0.1) is 0 Å². The van der Waals surface area contributed by atoms with Crippen LogP contribution < -0.4 is 10.1 Å². The Labute approximate surface area is 207 Å². The van der Waals surface area contributed by atoms with Gasteiger partial charge in [-0.3, -0.25) is 4.79 Å². The van der Waals surface area contributed by atoms with Gasteiger partial charge in [0.25, 0.3) is 5.91 Å². The van der Waals surface area contributed by atoms with Crippen LogP contribution >= 0.6 is 23.5 Å². The van der Waals surface area contributed by atoms with Gasteiger partial charge >= 0.3 is 0 Å². The van der Waals surface area contributed by atoms with Crippen LogP contribution in [0.4, 0.5) is 8.78 Å². The zero-order valence-electron chi connectivity index (χ0n) is 18.7. The average Bonchev–Trinajstić information content (AvgIpc) is 2.78. The number of benzene rings is 2. The predicted molar refractivity (Wildman–Crippen MR) is 131 cm³/mol. The van der Waals surface area contributed by atoms with Crippen LogP contribution in [0, 0.1) is 5.82 Å². The Bertz CT molecular complexity index is 1180. The summed E-state index contributed by atoms with van der Waals surface area (Å²) in [6, 6.07) is 9.63. The fraction of sp³-hybridized carbons (Fsp3) is 0.348. The van der Waals surface area contributed by atoms with E-state index in [1.807, 2.05) is 16.4 Å². The molecule has 184 valence electrons. The summed E-state index contributed by atoms with van der Waals surface area (Å²) in [5.41, 5.74) is -0.636. The molecule has 1 N–H and O–H groups in total. The van der Waals surface area contributed by atoms with E-state index in [1.54, 1.807) is 19.2 Å². The van der Waals surface area contributed by atoms with Crippen LogP contribution in [0.2, 0.25) is 5.02 Å². The van der Waals surface area contributed by atoms with E-state index in [1.165, 1.54) is 30.2 Å². The number of nitrogens with one attached hydrogen (secondary N) is 1. The lowest BCUT2D eigenvalue weighted by Gasteiger charge is -2.34. The molecule has 0 atom stereocenters. The molecule has 1 saturated heterocycles. The quantitative estimate of drug-likeness (QED) is 0.501. The molecule has 1 heterocycles. The van der Waals surface area contributed by atoms with Gasteiger partial charge in [0.1, 0.15) is 11.6 Å². The molecule has 6 nitrogen and oxygen atoms in total. The second kappa shape index (κ2) is 11.1. The number of alkyl halides is 1. The van der Waals surface area contributed by atoms with Crippen molar-refractivity contribution in [1.29, 1.82) is 0 Å². The largest absolute Gasteiger partial charge is 0.497 e. The fourth-order valence-electron chi connectivity index (χ4n) is 3.47. The summed E-state index contributed by atoms with van der Waals surface area (Å²) < 4.78 is 58.2. The minimum Gasteiger partial charge on any atom is -0.497 e. The van der Waals surface area contributed by atoms with Crippen LogP contribution in [-0.2, 0) is 14.6 Å². The third-order valence-corrected chi connectivity index (χ3v) is 7.46. The van der Waals surface area contributed by atoms with Crippen LogP contribution in [0.5, 0.6) is 5.75 Å². The number of hydrogen-bond acceptors (Lipinski definition) is 6. The first-order valence-electron chi connectivity index (χ1n) is 10.4. The van der Waals surface area contributed by atoms with E-state index in [4.69, 9.17) is 16.3 Å². The van der Waals surface area contributed by atoms with E-state index in [0.29, 0.717) is 24.4 Å². The summed E-state index contributed by atoms with van der Waals surface area (Å²) in [7, 11) is -1.75. The van der Waals surface area contributed by atoms with E-state index >= 15 is 4.39 Å². The van der Waals surface area contributed by atoms with Gasteiger partial charge < -0.3 is 10.1 Å². The highest BCUT2D eigenvalue weighted by atomic mass is 35.5. The molecule has 1 aliphatic heterocycles. The first-order chi connectivity index (χ1) is 16.0. The first kappa shape index (κ1) is 26.5. The Morgan fingerprint density at radius 2 is 1.94 bits per heavy atom. The van der Waals surface area contributed by atoms with Crippen LogP contribution in [0.3, 0.4) is 0 Å². The van der Waals surface area contributed by atoms with Gasteiger partial charge in [-0.1, -0.05) is 17.7 Å². The summed E-state index contributed by atoms with van der Waals surface area (Å²) in [6.07, 6.45) is 2.29. The highest BCUT2D eigenvalue weighted by Crippen LogP contribution is 2.41. The van der Waals surface area contributed by atoms with Crippen LogP contribution in [0.25, 0.3) is 11.1 Å². The minimum absolute atomic E-state index is 0.00951. The molecular weight excluding hydrogens is 506 g/mol. The lowest BCUT2D eigenvalue weighted by molar-refractivity contribution is -0.135. The summed E-state index contributed by atoms with van der Waals surface area (Å²) in [6.45, 7) is 0.566. The Morgan fingerprint density at radius 1 is 1.24 bits per heavy atom. The molecule has 2 aromatic carbocycles. The van der Waals surface area contributed by atoms with Gasteiger partial charge in [-0.25, -0.2) is 21.5 Å². The average molecular weight is 531 g/mol. The second-order valence-corrected chi connectivity index (χ2v) is 11.4. The van der Waals surface area contributed by atoms with Crippen molar-refractivity contribution in [3.63, 3.8) is 0 Å². The molecule has 1 aliphatic rings. The third-order valence-electron chi connectivity index (χ3n) is 5.28. The number of sulfone groups is 1. The topological polar surface area (TPSA) is 75.7 Å². The summed E-state index contributed by atoms with van der Waals surface area (Å²) in [4.78, 5) is 13.2. The molecule has 1 amide bonds. The zero-order chi connectivity index (χ0) is 24.9. The molecule has 0 spiro atoms. The summed E-state index contributed by atoms with van der Waals surface area (Å²) >= 11 is 7.69. The number of halogens is 3. The normalized spacial score (nSPS) is 16.5. The van der Waals surface area contributed by atoms with Gasteiger partial charge in [-0.05, 0) is 48.3 Å². The lowest BCUT2D eigenvalue weighted by Crippen LogP contribution is -2.49. The van der Waals surface area contributed by atoms with Crippen molar-refractivity contribution in [3.05, 3.63) is 58.7 Å². The van der Waals surface area contributed by atoms with Crippen LogP contribution in [0.1, 0.15) is 12.8 Å². The predicted octanol–water partition coefficient (Wildman–Crippen LogP) is 4.64. The summed E-state index contributed by atoms with van der Waals surface area (Å²) in [5, 5.41) is 3.67. The van der Waals surface area contributed by atoms with Crippen molar-refractivity contribution in [2.45, 2.75) is 23.4 Å². The van der Waals surface area contributed by atoms with Crippen molar-refractivity contribution < 1.29 is 26.7 Å². The van der Waals surface area contributed by atoms with E-state index < -0.39 is 27.2 Å². The van der Waals surface area contributed by atoms with Gasteiger partial charge in [0.2, 0.25) is 0 Å². The van der Waals surface area contributed by atoms with Crippen LogP contribution in [-0.4, -0.2) is 57.3 Å². The van der Waals surface area contributed by atoms with Gasteiger partial charge in [0, 0.05) is 60.2 Å². The van der Waals surface area contributed by atoms with E-state index in [9.17, 15) is 17.6 Å². The molecule has 34 heavy (non-hydrogen) atoms. The van der Waals surface area contributed by atoms with Crippen molar-refractivity contribution in [1.82, 2.24) is 9.62 Å². The van der Waals surface area contributed by atoms with Gasteiger partial charge in [-0.2, -0.15) is 0 Å². The maximum Gasteiger partial charge on any atom is 0.258 e. The maximum atomic E-state index is 15.2. The third kappa shape index (κ3) is 6.94. The van der Waals surface area contributed by atoms with E-state index in [-0.39, 0.29) is 24.4 Å². The molecule has 0 radical (unpaired) electrons. The zero-order valence-corrected chi connectivity index (χ0v) is 21.1. The number of carbonyl (C=O) groups excluding carboxylic acids is 1. The number of ether oxygens (including phenoxy) is 1. The minimum atomic E-state index is -3.30. The highest BCUT2D eigenvalue weighted by Gasteiger charge is 2.41. The molecular formula is C23H25ClF2N2O4S2. The Kier molecular flexibility index (Phi) is 8.62. The Morgan fingerprint density at radius 3 is 2.56 bits per heavy atom. The molecule has 0 bridgehead atoms. The number of amides is 1. The molecule has 2 aromatic rings. The fourth-order valence-corrected chi connectivity index (χ4v) is 5.22. The standard InChI is InChI=1S/C23H25ClF2N2O4S2/c1-32-17-5-7-21(19(15-17)18-6-4-16(25)14-20(18)24)33-28-11-8-23(26,9-12-28)22(29)27-10-3-13-34(2,30)31/h3-7,13-15H,8-12H2,1-2H3,(H,27,29)/b13-3-. The van der Waals surface area contributed by atoms with Crippen molar-refractivity contribution in [2.24, 2.45) is 0 Å². The SMILES string of the molecule is COc1ccc(SN2CCC(F)(C(=O)NC/C=C\S(C)(=O)=O)CC2)c(-c2ccc(F)cc2Cl)c1. The number of methoxy groups -OCH3 is 1. The number of rotatable bonds is 8. The maximum absolute atomic E-state index is 15.2. The van der Waals surface area contributed by atoms with E-state index in [2.05, 4.69) is 5.32 Å². The van der Waals surface area contributed by atoms with Gasteiger partial charge in [0.15, 0.2) is 15.5 Å².